The highest BCUT2D eigenvalue weighted by molar-refractivity contribution is 6.28. The number of nitrogens with two attached hydrogens (primary N) is 1. The van der Waals surface area contributed by atoms with Gasteiger partial charge < -0.3 is 20.7 Å². The minimum atomic E-state index is -1.74. The van der Waals surface area contributed by atoms with Gasteiger partial charge in [0, 0.05) is 0 Å². The minimum Gasteiger partial charge on any atom is -0.394 e. The Morgan fingerprint density at radius 2 is 2.25 bits per heavy atom. The summed E-state index contributed by atoms with van der Waals surface area (Å²) < 4.78 is 20.6. The molecule has 0 spiro atoms. The van der Waals surface area contributed by atoms with Gasteiger partial charge in [-0.1, -0.05) is 0 Å². The summed E-state index contributed by atoms with van der Waals surface area (Å²) in [6, 6.07) is 0. The van der Waals surface area contributed by atoms with E-state index in [-0.39, 0.29) is 22.3 Å². The molecule has 8 nitrogen and oxygen atoms in total. The van der Waals surface area contributed by atoms with Crippen LogP contribution in [0.2, 0.25) is 5.28 Å². The number of hydrogen-bond donors (Lipinski definition) is 3. The van der Waals surface area contributed by atoms with Gasteiger partial charge in [0.05, 0.1) is 12.9 Å². The molecule has 0 aliphatic carbocycles. The fourth-order valence-electron chi connectivity index (χ4n) is 2.18. The maximum absolute atomic E-state index is 14.1. The fourth-order valence-corrected chi connectivity index (χ4v) is 2.35. The van der Waals surface area contributed by atoms with Crippen LogP contribution in [0.1, 0.15) is 6.23 Å². The normalized spacial score (nSPS) is 30.2. The number of alkyl halides is 1. The molecule has 0 saturated carbocycles. The Hall–Kier alpha value is -1.55. The Morgan fingerprint density at radius 1 is 1.50 bits per heavy atom. The highest BCUT2D eigenvalue weighted by Gasteiger charge is 2.45. The van der Waals surface area contributed by atoms with E-state index in [1.165, 1.54) is 10.9 Å². The van der Waals surface area contributed by atoms with E-state index >= 15 is 0 Å². The van der Waals surface area contributed by atoms with Crippen LogP contribution in [0.3, 0.4) is 0 Å². The van der Waals surface area contributed by atoms with Crippen molar-refractivity contribution >= 4 is 28.6 Å². The molecular weight excluding hydrogens is 292 g/mol. The lowest BCUT2D eigenvalue weighted by Gasteiger charge is -2.15. The van der Waals surface area contributed by atoms with Crippen LogP contribution in [0, 0.1) is 0 Å². The summed E-state index contributed by atoms with van der Waals surface area (Å²) in [6.45, 7) is -0.497. The van der Waals surface area contributed by atoms with Gasteiger partial charge in [-0.2, -0.15) is 9.97 Å². The summed E-state index contributed by atoms with van der Waals surface area (Å²) >= 11 is 5.71. The molecule has 3 rings (SSSR count). The number of anilines is 1. The smallest absolute Gasteiger partial charge is 0.226 e. The van der Waals surface area contributed by atoms with Gasteiger partial charge in [0.25, 0.3) is 0 Å². The maximum atomic E-state index is 14.1. The summed E-state index contributed by atoms with van der Waals surface area (Å²) in [5.41, 5.74) is 6.10. The summed E-state index contributed by atoms with van der Waals surface area (Å²) in [6.07, 6.45) is -4.08. The lowest BCUT2D eigenvalue weighted by molar-refractivity contribution is -0.0459. The Bertz CT molecular complexity index is 653. The van der Waals surface area contributed by atoms with Crippen LogP contribution in [-0.4, -0.2) is 54.7 Å². The molecule has 0 aromatic carbocycles. The van der Waals surface area contributed by atoms with Crippen LogP contribution in [0.15, 0.2) is 6.33 Å². The SMILES string of the molecule is Nc1nc(Cl)nc2c1ncn2C1OC(CO)C(O)C1[18F]. The Labute approximate surface area is 117 Å². The largest absolute Gasteiger partial charge is 0.394 e. The minimum absolute atomic E-state index is 0.0615. The zero-order valence-corrected chi connectivity index (χ0v) is 10.8. The van der Waals surface area contributed by atoms with Gasteiger partial charge in [-0.25, -0.2) is 9.37 Å². The van der Waals surface area contributed by atoms with Crippen LogP contribution in [0.5, 0.6) is 0 Å². The molecule has 3 heterocycles. The number of hydrogen-bond acceptors (Lipinski definition) is 7. The first-order valence-corrected chi connectivity index (χ1v) is 6.14. The van der Waals surface area contributed by atoms with Gasteiger partial charge in [0.1, 0.15) is 17.7 Å². The predicted octanol–water partition coefficient (Wildman–Crippen LogP) is -0.349. The van der Waals surface area contributed by atoms with Crippen LogP contribution in [0.25, 0.3) is 11.2 Å². The molecule has 4 atom stereocenters. The molecule has 1 aliphatic rings. The van der Waals surface area contributed by atoms with Crippen molar-refractivity contribution in [1.29, 1.82) is 0 Å². The molecule has 2 aromatic heterocycles. The van der Waals surface area contributed by atoms with E-state index in [9.17, 15) is 9.50 Å². The molecule has 0 radical (unpaired) electrons. The third-order valence-corrected chi connectivity index (χ3v) is 3.34. The van der Waals surface area contributed by atoms with Crippen molar-refractivity contribution in [3.8, 4) is 0 Å². The van der Waals surface area contributed by atoms with Crippen molar-refractivity contribution in [3.63, 3.8) is 0 Å². The van der Waals surface area contributed by atoms with E-state index in [4.69, 9.17) is 27.2 Å². The van der Waals surface area contributed by atoms with Crippen LogP contribution in [0.4, 0.5) is 10.2 Å². The predicted molar refractivity (Wildman–Crippen MR) is 66.6 cm³/mol. The lowest BCUT2D eigenvalue weighted by Crippen LogP contribution is -2.30. The van der Waals surface area contributed by atoms with Gasteiger partial charge in [-0.3, -0.25) is 4.57 Å². The number of nitrogen functional groups attached to an aromatic ring is 1. The van der Waals surface area contributed by atoms with Gasteiger partial charge in [-0.15, -0.1) is 0 Å². The van der Waals surface area contributed by atoms with Crippen LogP contribution in [-0.2, 0) is 4.74 Å². The quantitative estimate of drug-likeness (QED) is 0.649. The zero-order valence-electron chi connectivity index (χ0n) is 10.0. The number of rotatable bonds is 2. The number of halogens is 2. The summed E-state index contributed by atoms with van der Waals surface area (Å²) in [5.74, 6) is 0.0615. The first kappa shape index (κ1) is 13.4. The van der Waals surface area contributed by atoms with Crippen LogP contribution < -0.4 is 5.73 Å². The molecule has 0 bridgehead atoms. The molecule has 1 fully saturated rings. The second-order valence-corrected chi connectivity index (χ2v) is 4.72. The number of aromatic nitrogens is 4. The van der Waals surface area contributed by atoms with E-state index in [0.29, 0.717) is 0 Å². The number of nitrogens with zero attached hydrogens (tertiary/aromatic N) is 4. The first-order valence-electron chi connectivity index (χ1n) is 5.77. The number of aliphatic hydroxyl groups excluding tert-OH is 2. The molecule has 10 heteroatoms. The molecule has 1 aliphatic heterocycles. The molecule has 2 aromatic rings. The van der Waals surface area contributed by atoms with Crippen molar-refractivity contribution in [2.45, 2.75) is 24.6 Å². The monoisotopic (exact) mass is 302 g/mol. The maximum Gasteiger partial charge on any atom is 0.226 e. The average Bonchev–Trinajstić information content (AvgIpc) is 2.93. The van der Waals surface area contributed by atoms with E-state index < -0.39 is 31.2 Å². The van der Waals surface area contributed by atoms with Crippen molar-refractivity contribution < 1.29 is 19.3 Å². The first-order chi connectivity index (χ1) is 9.52. The number of aliphatic hydroxyl groups is 2. The second kappa shape index (κ2) is 4.77. The molecular formula is C10H11ClFN5O3. The van der Waals surface area contributed by atoms with E-state index in [0.717, 1.165) is 0 Å². The molecule has 1 saturated heterocycles. The van der Waals surface area contributed by atoms with E-state index in [1.807, 2.05) is 0 Å². The standard InChI is InChI=1S/C10H11ClFN5O3/c11-10-15-7(13)5-8(16-10)17(2-14-5)9-4(12)6(19)3(1-18)20-9/h2-4,6,9,18-19H,1H2,(H2,13,15,16)/i12-1. The third-order valence-electron chi connectivity index (χ3n) is 3.17. The van der Waals surface area contributed by atoms with E-state index in [1.54, 1.807) is 0 Å². The third kappa shape index (κ3) is 1.90. The fraction of sp³-hybridized carbons (Fsp3) is 0.500. The molecule has 4 N–H and O–H groups in total. The van der Waals surface area contributed by atoms with Gasteiger partial charge in [-0.05, 0) is 11.6 Å². The molecule has 4 unspecified atom stereocenters. The number of ether oxygens (including phenoxy) is 1. The van der Waals surface area contributed by atoms with Crippen molar-refractivity contribution in [2.24, 2.45) is 0 Å². The average molecular weight is 303 g/mol. The molecule has 0 amide bonds. The van der Waals surface area contributed by atoms with Crippen molar-refractivity contribution in [3.05, 3.63) is 11.6 Å². The van der Waals surface area contributed by atoms with Gasteiger partial charge in [0.15, 0.2) is 23.9 Å². The zero-order chi connectivity index (χ0) is 14.4. The lowest BCUT2D eigenvalue weighted by atomic mass is 10.1. The van der Waals surface area contributed by atoms with E-state index in [2.05, 4.69) is 15.0 Å². The number of imidazole rings is 1. The van der Waals surface area contributed by atoms with Gasteiger partial charge >= 0.3 is 0 Å². The summed E-state index contributed by atoms with van der Waals surface area (Å²) in [4.78, 5) is 11.7. The Balaban J connectivity index is 2.07. The number of fused-ring (bicyclic) bond motifs is 1. The summed E-state index contributed by atoms with van der Waals surface area (Å²) in [7, 11) is 0. The Kier molecular flexibility index (Phi) is 3.21. The highest BCUT2D eigenvalue weighted by atomic mass is 35.5. The van der Waals surface area contributed by atoms with Crippen molar-refractivity contribution in [1.82, 2.24) is 19.5 Å². The molecule has 108 valence electrons. The molecule has 20 heavy (non-hydrogen) atoms. The topological polar surface area (TPSA) is 119 Å². The van der Waals surface area contributed by atoms with Crippen molar-refractivity contribution in [2.75, 3.05) is 12.3 Å². The highest BCUT2D eigenvalue weighted by Crippen LogP contribution is 2.34. The van der Waals surface area contributed by atoms with Gasteiger partial charge in [0.2, 0.25) is 5.28 Å². The second-order valence-electron chi connectivity index (χ2n) is 4.38. The van der Waals surface area contributed by atoms with Crippen LogP contribution >= 0.6 is 11.6 Å². The Morgan fingerprint density at radius 3 is 2.90 bits per heavy atom. The summed E-state index contributed by atoms with van der Waals surface area (Å²) in [5, 5.41) is 18.6.